The molecule has 86 valence electrons. The summed E-state index contributed by atoms with van der Waals surface area (Å²) in [6.45, 7) is 4.10. The van der Waals surface area contributed by atoms with Gasteiger partial charge >= 0.3 is 0 Å². The largest absolute Gasteiger partial charge is 0.312 e. The van der Waals surface area contributed by atoms with Crippen LogP contribution < -0.4 is 5.32 Å². The topological polar surface area (TPSA) is 24.9 Å². The molecule has 1 N–H and O–H groups in total. The van der Waals surface area contributed by atoms with Gasteiger partial charge in [-0.2, -0.15) is 0 Å². The van der Waals surface area contributed by atoms with E-state index in [1.807, 2.05) is 12.4 Å². The smallest absolute Gasteiger partial charge is 0.0313 e. The molecule has 0 atom stereocenters. The van der Waals surface area contributed by atoms with Crippen molar-refractivity contribution < 1.29 is 0 Å². The fourth-order valence-corrected chi connectivity index (χ4v) is 2.16. The lowest BCUT2D eigenvalue weighted by Gasteiger charge is -2.05. The molecule has 1 aliphatic carbocycles. The number of aromatic nitrogens is 1. The summed E-state index contributed by atoms with van der Waals surface area (Å²) in [6.07, 6.45) is 11.4. The molecule has 16 heavy (non-hydrogen) atoms. The molecule has 0 saturated heterocycles. The van der Waals surface area contributed by atoms with E-state index in [1.165, 1.54) is 36.8 Å². The molecule has 2 nitrogen and oxygen atoms in total. The van der Waals surface area contributed by atoms with Gasteiger partial charge in [0.2, 0.25) is 0 Å². The summed E-state index contributed by atoms with van der Waals surface area (Å²) in [6, 6.07) is 2.19. The van der Waals surface area contributed by atoms with E-state index in [4.69, 9.17) is 0 Å². The minimum Gasteiger partial charge on any atom is -0.312 e. The molecule has 0 fully saturated rings. The molecule has 2 rings (SSSR count). The van der Waals surface area contributed by atoms with Gasteiger partial charge in [-0.25, -0.2) is 0 Å². The third-order valence-corrected chi connectivity index (χ3v) is 3.02. The summed E-state index contributed by atoms with van der Waals surface area (Å²) >= 11 is 0. The van der Waals surface area contributed by atoms with Crippen molar-refractivity contribution in [3.05, 3.63) is 41.2 Å². The van der Waals surface area contributed by atoms with E-state index in [0.717, 1.165) is 13.1 Å². The maximum absolute atomic E-state index is 4.19. The Kier molecular flexibility index (Phi) is 4.11. The lowest BCUT2D eigenvalue weighted by molar-refractivity contribution is 0.674. The van der Waals surface area contributed by atoms with E-state index in [1.54, 1.807) is 5.57 Å². The lowest BCUT2D eigenvalue weighted by atomic mass is 10.1. The monoisotopic (exact) mass is 216 g/mol. The second-order valence-corrected chi connectivity index (χ2v) is 4.55. The summed E-state index contributed by atoms with van der Waals surface area (Å²) in [5.41, 5.74) is 4.15. The highest BCUT2D eigenvalue weighted by Crippen LogP contribution is 2.19. The molecule has 0 aromatic carbocycles. The lowest BCUT2D eigenvalue weighted by Crippen LogP contribution is -2.15. The summed E-state index contributed by atoms with van der Waals surface area (Å²) < 4.78 is 0. The van der Waals surface area contributed by atoms with Gasteiger partial charge in [-0.05, 0) is 50.3 Å². The number of hydrogen-bond donors (Lipinski definition) is 1. The first kappa shape index (κ1) is 11.3. The number of aryl methyl sites for hydroxylation is 1. The average Bonchev–Trinajstić information content (AvgIpc) is 2.77. The van der Waals surface area contributed by atoms with E-state index in [0.29, 0.717) is 0 Å². The highest BCUT2D eigenvalue weighted by atomic mass is 14.8. The van der Waals surface area contributed by atoms with Crippen molar-refractivity contribution in [2.45, 2.75) is 39.2 Å². The molecule has 0 radical (unpaired) electrons. The molecule has 0 spiro atoms. The Labute approximate surface area is 97.8 Å². The van der Waals surface area contributed by atoms with Gasteiger partial charge in [0.05, 0.1) is 0 Å². The highest BCUT2D eigenvalue weighted by Gasteiger charge is 2.03. The molecule has 0 unspecified atom stereocenters. The molecule has 1 aromatic rings. The van der Waals surface area contributed by atoms with Crippen molar-refractivity contribution in [2.75, 3.05) is 6.54 Å². The number of rotatable bonds is 5. The normalized spacial score (nSPS) is 15.2. The number of allylic oxidation sites excluding steroid dienone is 1. The van der Waals surface area contributed by atoms with Crippen LogP contribution in [0.15, 0.2) is 30.1 Å². The van der Waals surface area contributed by atoms with Crippen LogP contribution in [0.5, 0.6) is 0 Å². The fourth-order valence-electron chi connectivity index (χ4n) is 2.16. The van der Waals surface area contributed by atoms with Crippen molar-refractivity contribution in [1.29, 1.82) is 0 Å². The van der Waals surface area contributed by atoms with Crippen LogP contribution in [0.1, 0.15) is 36.8 Å². The zero-order valence-corrected chi connectivity index (χ0v) is 10.00. The second kappa shape index (κ2) is 5.80. The van der Waals surface area contributed by atoms with Gasteiger partial charge in [-0.1, -0.05) is 17.7 Å². The predicted octanol–water partition coefficient (Wildman–Crippen LogP) is 2.98. The molecule has 0 saturated carbocycles. The number of nitrogens with one attached hydrogen (secondary N) is 1. The first-order valence-corrected chi connectivity index (χ1v) is 6.14. The summed E-state index contributed by atoms with van der Waals surface area (Å²) in [4.78, 5) is 4.19. The molecule has 0 amide bonds. The Morgan fingerprint density at radius 3 is 3.06 bits per heavy atom. The van der Waals surface area contributed by atoms with Crippen LogP contribution in [0.2, 0.25) is 0 Å². The van der Waals surface area contributed by atoms with Gasteiger partial charge in [-0.15, -0.1) is 0 Å². The van der Waals surface area contributed by atoms with E-state index < -0.39 is 0 Å². The van der Waals surface area contributed by atoms with Crippen LogP contribution in [0, 0.1) is 6.92 Å². The fraction of sp³-hybridized carbons (Fsp3) is 0.500. The van der Waals surface area contributed by atoms with Gasteiger partial charge < -0.3 is 5.32 Å². The van der Waals surface area contributed by atoms with Crippen molar-refractivity contribution >= 4 is 0 Å². The van der Waals surface area contributed by atoms with Gasteiger partial charge in [0.15, 0.2) is 0 Å². The van der Waals surface area contributed by atoms with Gasteiger partial charge in [0.1, 0.15) is 0 Å². The minimum atomic E-state index is 0.932. The quantitative estimate of drug-likeness (QED) is 0.604. The average molecular weight is 216 g/mol. The van der Waals surface area contributed by atoms with Crippen LogP contribution in [-0.4, -0.2) is 11.5 Å². The Balaban J connectivity index is 1.68. The van der Waals surface area contributed by atoms with Gasteiger partial charge in [0.25, 0.3) is 0 Å². The number of pyridine rings is 1. The Morgan fingerprint density at radius 2 is 2.31 bits per heavy atom. The molecule has 1 heterocycles. The summed E-state index contributed by atoms with van der Waals surface area (Å²) in [5.74, 6) is 0. The molecular formula is C14H20N2. The van der Waals surface area contributed by atoms with Crippen LogP contribution in [0.3, 0.4) is 0 Å². The first-order valence-electron chi connectivity index (χ1n) is 6.14. The van der Waals surface area contributed by atoms with Crippen molar-refractivity contribution in [3.8, 4) is 0 Å². The minimum absolute atomic E-state index is 0.932. The van der Waals surface area contributed by atoms with Crippen LogP contribution in [0.4, 0.5) is 0 Å². The van der Waals surface area contributed by atoms with Crippen molar-refractivity contribution in [2.24, 2.45) is 0 Å². The van der Waals surface area contributed by atoms with E-state index in [-0.39, 0.29) is 0 Å². The van der Waals surface area contributed by atoms with Crippen molar-refractivity contribution in [3.63, 3.8) is 0 Å². The number of hydrogen-bond acceptors (Lipinski definition) is 2. The molecule has 1 aliphatic rings. The Morgan fingerprint density at radius 1 is 1.38 bits per heavy atom. The molecule has 0 aliphatic heterocycles. The number of nitrogens with zero attached hydrogens (tertiary/aromatic N) is 1. The maximum atomic E-state index is 4.19. The van der Waals surface area contributed by atoms with Crippen LogP contribution in [0.25, 0.3) is 0 Å². The Hall–Kier alpha value is -1.15. The third kappa shape index (κ3) is 3.46. The third-order valence-electron chi connectivity index (χ3n) is 3.02. The van der Waals surface area contributed by atoms with E-state index in [2.05, 4.69) is 29.4 Å². The zero-order chi connectivity index (χ0) is 11.2. The van der Waals surface area contributed by atoms with E-state index >= 15 is 0 Å². The maximum Gasteiger partial charge on any atom is 0.0313 e. The van der Waals surface area contributed by atoms with Crippen molar-refractivity contribution in [1.82, 2.24) is 10.3 Å². The first-order chi connectivity index (χ1) is 7.84. The second-order valence-electron chi connectivity index (χ2n) is 4.55. The Bertz CT molecular complexity index is 369. The standard InChI is InChI=1S/C14H20N2/c1-12-8-14(11-16-9-12)10-15-7-6-13-4-2-3-5-13/h4,8-9,11,15H,2-3,5-7,10H2,1H3. The van der Waals surface area contributed by atoms with Crippen LogP contribution >= 0.6 is 0 Å². The van der Waals surface area contributed by atoms with Gasteiger partial charge in [0, 0.05) is 18.9 Å². The molecule has 1 aromatic heterocycles. The highest BCUT2D eigenvalue weighted by molar-refractivity contribution is 5.16. The summed E-state index contributed by atoms with van der Waals surface area (Å²) in [5, 5.41) is 3.47. The predicted molar refractivity (Wildman–Crippen MR) is 67.2 cm³/mol. The summed E-state index contributed by atoms with van der Waals surface area (Å²) in [7, 11) is 0. The van der Waals surface area contributed by atoms with Gasteiger partial charge in [-0.3, -0.25) is 4.98 Å². The van der Waals surface area contributed by atoms with Crippen LogP contribution in [-0.2, 0) is 6.54 Å². The molecule has 2 heteroatoms. The molecule has 0 bridgehead atoms. The SMILES string of the molecule is Cc1cncc(CNCCC2=CCCC2)c1. The van der Waals surface area contributed by atoms with E-state index in [9.17, 15) is 0 Å². The molecular weight excluding hydrogens is 196 g/mol. The zero-order valence-electron chi connectivity index (χ0n) is 10.00.